The number of nitrogens with zero attached hydrogens (tertiary/aromatic N) is 1. The lowest BCUT2D eigenvalue weighted by molar-refractivity contribution is -0.103. The summed E-state index contributed by atoms with van der Waals surface area (Å²) in [5, 5.41) is 0. The molecule has 1 aliphatic carbocycles. The lowest BCUT2D eigenvalue weighted by atomic mass is 9.97. The van der Waals surface area contributed by atoms with Crippen LogP contribution in [0.4, 0.5) is 0 Å². The number of ether oxygens (including phenoxy) is 1. The molecule has 1 aliphatic rings. The standard InChI is InChI=1S/C11H20N2O/c1-4-13(5-2)11(14-3)9-7-6-8-10(11)12/h6-10H,4-5,12H2,1-3H3. The van der Waals surface area contributed by atoms with E-state index in [1.165, 1.54) is 0 Å². The first-order valence-corrected chi connectivity index (χ1v) is 5.13. The monoisotopic (exact) mass is 196 g/mol. The lowest BCUT2D eigenvalue weighted by Gasteiger charge is -2.43. The Kier molecular flexibility index (Phi) is 3.86. The third kappa shape index (κ3) is 1.75. The van der Waals surface area contributed by atoms with Gasteiger partial charge in [0, 0.05) is 7.11 Å². The molecule has 2 unspecified atom stereocenters. The van der Waals surface area contributed by atoms with Gasteiger partial charge in [0.25, 0.3) is 0 Å². The Labute approximate surface area is 86.2 Å². The summed E-state index contributed by atoms with van der Waals surface area (Å²) in [4.78, 5) is 2.22. The Bertz CT molecular complexity index is 233. The van der Waals surface area contributed by atoms with Crippen molar-refractivity contribution in [1.29, 1.82) is 0 Å². The predicted molar refractivity (Wildman–Crippen MR) is 58.9 cm³/mol. The highest BCUT2D eigenvalue weighted by molar-refractivity contribution is 5.24. The number of nitrogens with two attached hydrogens (primary N) is 1. The fourth-order valence-electron chi connectivity index (χ4n) is 1.99. The van der Waals surface area contributed by atoms with Gasteiger partial charge in [-0.2, -0.15) is 0 Å². The van der Waals surface area contributed by atoms with Gasteiger partial charge in [-0.1, -0.05) is 32.1 Å². The van der Waals surface area contributed by atoms with Crippen molar-refractivity contribution < 1.29 is 4.74 Å². The molecule has 0 saturated heterocycles. The van der Waals surface area contributed by atoms with Crippen molar-refractivity contribution in [3.8, 4) is 0 Å². The molecule has 0 aromatic heterocycles. The highest BCUT2D eigenvalue weighted by Gasteiger charge is 2.38. The van der Waals surface area contributed by atoms with Gasteiger partial charge in [0.05, 0.1) is 6.04 Å². The number of rotatable bonds is 4. The zero-order chi connectivity index (χ0) is 10.6. The molecule has 80 valence electrons. The van der Waals surface area contributed by atoms with E-state index in [-0.39, 0.29) is 6.04 Å². The van der Waals surface area contributed by atoms with E-state index in [0.717, 1.165) is 13.1 Å². The van der Waals surface area contributed by atoms with Crippen LogP contribution in [-0.2, 0) is 4.74 Å². The van der Waals surface area contributed by atoms with Crippen LogP contribution in [0.5, 0.6) is 0 Å². The van der Waals surface area contributed by atoms with Crippen LogP contribution in [0.2, 0.25) is 0 Å². The van der Waals surface area contributed by atoms with Gasteiger partial charge in [-0.3, -0.25) is 4.90 Å². The maximum absolute atomic E-state index is 6.07. The van der Waals surface area contributed by atoms with Gasteiger partial charge in [-0.05, 0) is 19.2 Å². The van der Waals surface area contributed by atoms with E-state index >= 15 is 0 Å². The molecule has 0 bridgehead atoms. The number of allylic oxidation sites excluding steroid dienone is 2. The molecule has 1 rings (SSSR count). The number of methoxy groups -OCH3 is 1. The van der Waals surface area contributed by atoms with Crippen molar-refractivity contribution in [3.63, 3.8) is 0 Å². The Hall–Kier alpha value is -0.640. The minimum absolute atomic E-state index is 0.0996. The van der Waals surface area contributed by atoms with Gasteiger partial charge in [0.2, 0.25) is 0 Å². The molecule has 0 radical (unpaired) electrons. The van der Waals surface area contributed by atoms with Gasteiger partial charge in [0.1, 0.15) is 0 Å². The highest BCUT2D eigenvalue weighted by Crippen LogP contribution is 2.25. The van der Waals surface area contributed by atoms with E-state index in [2.05, 4.69) is 18.7 Å². The van der Waals surface area contributed by atoms with Crippen molar-refractivity contribution in [2.24, 2.45) is 5.73 Å². The molecular weight excluding hydrogens is 176 g/mol. The maximum atomic E-state index is 6.07. The minimum atomic E-state index is -0.460. The van der Waals surface area contributed by atoms with E-state index in [0.29, 0.717) is 0 Å². The molecule has 0 spiro atoms. The summed E-state index contributed by atoms with van der Waals surface area (Å²) in [5.74, 6) is 0. The molecule has 3 nitrogen and oxygen atoms in total. The van der Waals surface area contributed by atoms with Gasteiger partial charge >= 0.3 is 0 Å². The third-order valence-corrected chi connectivity index (χ3v) is 2.83. The fraction of sp³-hybridized carbons (Fsp3) is 0.636. The topological polar surface area (TPSA) is 38.5 Å². The third-order valence-electron chi connectivity index (χ3n) is 2.83. The van der Waals surface area contributed by atoms with Crippen LogP contribution in [0.15, 0.2) is 24.3 Å². The summed E-state index contributed by atoms with van der Waals surface area (Å²) in [6, 6.07) is -0.0996. The Morgan fingerprint density at radius 3 is 2.43 bits per heavy atom. The summed E-state index contributed by atoms with van der Waals surface area (Å²) >= 11 is 0. The normalized spacial score (nSPS) is 31.4. The molecule has 0 fully saturated rings. The van der Waals surface area contributed by atoms with Crippen molar-refractivity contribution in [1.82, 2.24) is 4.90 Å². The van der Waals surface area contributed by atoms with E-state index in [9.17, 15) is 0 Å². The van der Waals surface area contributed by atoms with Crippen LogP contribution < -0.4 is 5.73 Å². The molecule has 0 aliphatic heterocycles. The van der Waals surface area contributed by atoms with Crippen LogP contribution in [0, 0.1) is 0 Å². The first-order chi connectivity index (χ1) is 6.71. The van der Waals surface area contributed by atoms with Gasteiger partial charge < -0.3 is 10.5 Å². The number of likely N-dealkylation sites (N-methyl/N-ethyl adjacent to an activating group) is 1. The van der Waals surface area contributed by atoms with Crippen molar-refractivity contribution in [3.05, 3.63) is 24.3 Å². The van der Waals surface area contributed by atoms with Crippen LogP contribution in [-0.4, -0.2) is 36.9 Å². The average Bonchev–Trinajstić information content (AvgIpc) is 2.22. The Morgan fingerprint density at radius 2 is 2.00 bits per heavy atom. The Morgan fingerprint density at radius 1 is 1.36 bits per heavy atom. The van der Waals surface area contributed by atoms with Crippen molar-refractivity contribution >= 4 is 0 Å². The van der Waals surface area contributed by atoms with E-state index in [4.69, 9.17) is 10.5 Å². The molecule has 14 heavy (non-hydrogen) atoms. The quantitative estimate of drug-likeness (QED) is 0.685. The van der Waals surface area contributed by atoms with Gasteiger partial charge in [-0.25, -0.2) is 0 Å². The van der Waals surface area contributed by atoms with Gasteiger partial charge in [0.15, 0.2) is 5.72 Å². The molecule has 2 N–H and O–H groups in total. The van der Waals surface area contributed by atoms with Crippen LogP contribution in [0.3, 0.4) is 0 Å². The molecular formula is C11H20N2O. The summed E-state index contributed by atoms with van der Waals surface area (Å²) in [6.07, 6.45) is 7.96. The lowest BCUT2D eigenvalue weighted by Crippen LogP contribution is -2.60. The second kappa shape index (κ2) is 4.73. The highest BCUT2D eigenvalue weighted by atomic mass is 16.5. The smallest absolute Gasteiger partial charge is 0.159 e. The second-order valence-corrected chi connectivity index (χ2v) is 3.40. The summed E-state index contributed by atoms with van der Waals surface area (Å²) in [7, 11) is 1.71. The molecule has 2 atom stereocenters. The molecule has 0 aromatic rings. The van der Waals surface area contributed by atoms with Crippen molar-refractivity contribution in [2.45, 2.75) is 25.6 Å². The number of hydrogen-bond acceptors (Lipinski definition) is 3. The van der Waals surface area contributed by atoms with E-state index in [1.807, 2.05) is 24.3 Å². The largest absolute Gasteiger partial charge is 0.358 e. The summed E-state index contributed by atoms with van der Waals surface area (Å²) in [6.45, 7) is 6.08. The molecule has 0 amide bonds. The number of hydrogen-bond donors (Lipinski definition) is 1. The molecule has 0 saturated carbocycles. The first kappa shape index (κ1) is 11.4. The van der Waals surface area contributed by atoms with Gasteiger partial charge in [-0.15, -0.1) is 0 Å². The molecule has 3 heteroatoms. The average molecular weight is 196 g/mol. The first-order valence-electron chi connectivity index (χ1n) is 5.13. The van der Waals surface area contributed by atoms with E-state index < -0.39 is 5.72 Å². The zero-order valence-corrected chi connectivity index (χ0v) is 9.23. The van der Waals surface area contributed by atoms with Crippen LogP contribution in [0.1, 0.15) is 13.8 Å². The van der Waals surface area contributed by atoms with Crippen LogP contribution >= 0.6 is 0 Å². The van der Waals surface area contributed by atoms with Crippen LogP contribution in [0.25, 0.3) is 0 Å². The molecule has 0 aromatic carbocycles. The molecule has 0 heterocycles. The minimum Gasteiger partial charge on any atom is -0.358 e. The Balaban J connectivity index is 2.94. The van der Waals surface area contributed by atoms with E-state index in [1.54, 1.807) is 7.11 Å². The fourth-order valence-corrected chi connectivity index (χ4v) is 1.99. The summed E-state index contributed by atoms with van der Waals surface area (Å²) < 4.78 is 5.60. The predicted octanol–water partition coefficient (Wildman–Crippen LogP) is 1.12. The maximum Gasteiger partial charge on any atom is 0.159 e. The summed E-state index contributed by atoms with van der Waals surface area (Å²) in [5.41, 5.74) is 5.61. The zero-order valence-electron chi connectivity index (χ0n) is 9.23. The SMILES string of the molecule is CCN(CC)C1(OC)C=CC=CC1N. The van der Waals surface area contributed by atoms with Crippen molar-refractivity contribution in [2.75, 3.05) is 20.2 Å². The second-order valence-electron chi connectivity index (χ2n) is 3.40.